The summed E-state index contributed by atoms with van der Waals surface area (Å²) < 4.78 is 4.58. The number of aliphatic carboxylic acids is 1. The van der Waals surface area contributed by atoms with Crippen molar-refractivity contribution >= 4 is 23.8 Å². The highest BCUT2D eigenvalue weighted by Gasteiger charge is 2.28. The number of carboxylic acid groups (broad SMARTS) is 1. The van der Waals surface area contributed by atoms with E-state index in [0.29, 0.717) is 19.4 Å². The van der Waals surface area contributed by atoms with Crippen molar-refractivity contribution < 1.29 is 29.0 Å². The number of urea groups is 1. The Hall–Kier alpha value is -2.16. The van der Waals surface area contributed by atoms with Gasteiger partial charge in [-0.25, -0.2) is 9.59 Å². The van der Waals surface area contributed by atoms with Crippen LogP contribution in [0.5, 0.6) is 0 Å². The largest absolute Gasteiger partial charge is 0.480 e. The monoisotopic (exact) mass is 301 g/mol. The third-order valence-electron chi connectivity index (χ3n) is 3.03. The lowest BCUT2D eigenvalue weighted by atomic mass is 9.97. The summed E-state index contributed by atoms with van der Waals surface area (Å²) in [4.78, 5) is 46.4. The van der Waals surface area contributed by atoms with Crippen LogP contribution in [0.4, 0.5) is 4.79 Å². The highest BCUT2D eigenvalue weighted by atomic mass is 16.5. The van der Waals surface area contributed by atoms with Crippen LogP contribution in [0.2, 0.25) is 0 Å². The van der Waals surface area contributed by atoms with Crippen molar-refractivity contribution in [2.24, 2.45) is 5.92 Å². The van der Waals surface area contributed by atoms with E-state index in [-0.39, 0.29) is 18.4 Å². The van der Waals surface area contributed by atoms with Gasteiger partial charge < -0.3 is 20.1 Å². The Morgan fingerprint density at radius 3 is 2.62 bits per heavy atom. The first-order chi connectivity index (χ1) is 9.93. The molecule has 0 bridgehead atoms. The molecule has 0 aromatic carbocycles. The molecular formula is C12H19N3O6. The van der Waals surface area contributed by atoms with E-state index < -0.39 is 31.1 Å². The zero-order valence-electron chi connectivity index (χ0n) is 11.8. The second-order valence-corrected chi connectivity index (χ2v) is 4.64. The number of amides is 4. The van der Waals surface area contributed by atoms with Crippen molar-refractivity contribution in [2.45, 2.75) is 12.8 Å². The Kier molecular flexibility index (Phi) is 6.60. The van der Waals surface area contributed by atoms with E-state index in [1.807, 2.05) is 0 Å². The van der Waals surface area contributed by atoms with Crippen molar-refractivity contribution in [3.05, 3.63) is 0 Å². The minimum atomic E-state index is -1.20. The first kappa shape index (κ1) is 16.9. The molecule has 9 heteroatoms. The number of hydrogen-bond acceptors (Lipinski definition) is 5. The molecule has 0 aliphatic carbocycles. The fourth-order valence-electron chi connectivity index (χ4n) is 2.05. The molecule has 0 saturated carbocycles. The van der Waals surface area contributed by atoms with E-state index in [9.17, 15) is 19.2 Å². The van der Waals surface area contributed by atoms with Gasteiger partial charge >= 0.3 is 12.0 Å². The van der Waals surface area contributed by atoms with Crippen LogP contribution in [-0.4, -0.2) is 67.2 Å². The predicted molar refractivity (Wildman–Crippen MR) is 70.4 cm³/mol. The lowest BCUT2D eigenvalue weighted by Gasteiger charge is -2.31. The number of carbonyl (C=O) groups is 4. The molecule has 0 aromatic heterocycles. The zero-order chi connectivity index (χ0) is 15.8. The van der Waals surface area contributed by atoms with E-state index in [1.165, 1.54) is 11.9 Å². The Morgan fingerprint density at radius 1 is 1.29 bits per heavy atom. The lowest BCUT2D eigenvalue weighted by Crippen LogP contribution is -2.50. The third-order valence-corrected chi connectivity index (χ3v) is 3.03. The number of rotatable bonds is 5. The molecule has 1 saturated heterocycles. The quantitative estimate of drug-likeness (QED) is 0.584. The zero-order valence-corrected chi connectivity index (χ0v) is 11.8. The average Bonchev–Trinajstić information content (AvgIpc) is 2.46. The molecule has 1 atom stereocenters. The molecular weight excluding hydrogens is 282 g/mol. The Morgan fingerprint density at radius 2 is 2.00 bits per heavy atom. The van der Waals surface area contributed by atoms with E-state index in [2.05, 4.69) is 15.4 Å². The van der Waals surface area contributed by atoms with Crippen molar-refractivity contribution in [1.29, 1.82) is 0 Å². The minimum absolute atomic E-state index is 0.136. The topological polar surface area (TPSA) is 125 Å². The van der Waals surface area contributed by atoms with Crippen molar-refractivity contribution in [2.75, 3.05) is 33.4 Å². The van der Waals surface area contributed by atoms with Crippen LogP contribution in [0.15, 0.2) is 0 Å². The molecule has 1 unspecified atom stereocenters. The second-order valence-electron chi connectivity index (χ2n) is 4.64. The van der Waals surface area contributed by atoms with Crippen LogP contribution in [0, 0.1) is 5.92 Å². The number of nitrogens with zero attached hydrogens (tertiary/aromatic N) is 1. The third kappa shape index (κ3) is 5.78. The highest BCUT2D eigenvalue weighted by molar-refractivity contribution is 5.95. The van der Waals surface area contributed by atoms with E-state index in [4.69, 9.17) is 5.11 Å². The maximum Gasteiger partial charge on any atom is 0.329 e. The first-order valence-electron chi connectivity index (χ1n) is 6.54. The van der Waals surface area contributed by atoms with Gasteiger partial charge in [0.05, 0.1) is 5.92 Å². The summed E-state index contributed by atoms with van der Waals surface area (Å²) in [5.74, 6) is -2.33. The highest BCUT2D eigenvalue weighted by Crippen LogP contribution is 2.16. The van der Waals surface area contributed by atoms with Gasteiger partial charge in [-0.15, -0.1) is 0 Å². The summed E-state index contributed by atoms with van der Waals surface area (Å²) >= 11 is 0. The number of carboxylic acids is 1. The smallest absolute Gasteiger partial charge is 0.329 e. The van der Waals surface area contributed by atoms with Crippen LogP contribution < -0.4 is 10.6 Å². The Labute approximate surface area is 121 Å². The summed E-state index contributed by atoms with van der Waals surface area (Å²) in [7, 11) is 1.53. The summed E-state index contributed by atoms with van der Waals surface area (Å²) in [6.07, 6.45) is 1.37. The molecule has 0 spiro atoms. The van der Waals surface area contributed by atoms with Crippen LogP contribution in [0.25, 0.3) is 0 Å². The summed E-state index contributed by atoms with van der Waals surface area (Å²) in [6, 6.07) is -0.604. The minimum Gasteiger partial charge on any atom is -0.480 e. The fourth-order valence-corrected chi connectivity index (χ4v) is 2.05. The number of ether oxygens (including phenoxy) is 1. The van der Waals surface area contributed by atoms with E-state index >= 15 is 0 Å². The van der Waals surface area contributed by atoms with Crippen LogP contribution >= 0.6 is 0 Å². The van der Waals surface area contributed by atoms with Gasteiger partial charge in [0.15, 0.2) is 0 Å². The Balaban J connectivity index is 2.38. The van der Waals surface area contributed by atoms with E-state index in [0.717, 1.165) is 0 Å². The molecule has 3 N–H and O–H groups in total. The van der Waals surface area contributed by atoms with Gasteiger partial charge in [-0.3, -0.25) is 14.9 Å². The van der Waals surface area contributed by atoms with Gasteiger partial charge in [0.25, 0.3) is 5.91 Å². The average molecular weight is 301 g/mol. The van der Waals surface area contributed by atoms with Crippen LogP contribution in [0.3, 0.4) is 0 Å². The van der Waals surface area contributed by atoms with Gasteiger partial charge in [-0.05, 0) is 12.8 Å². The van der Waals surface area contributed by atoms with Crippen LogP contribution in [-0.2, 0) is 19.1 Å². The van der Waals surface area contributed by atoms with Crippen LogP contribution in [0.1, 0.15) is 12.8 Å². The van der Waals surface area contributed by atoms with E-state index in [1.54, 1.807) is 0 Å². The second kappa shape index (κ2) is 8.20. The Bertz CT molecular complexity index is 425. The molecule has 1 heterocycles. The predicted octanol–water partition coefficient (Wildman–Crippen LogP) is -1.22. The molecule has 4 amide bonds. The molecule has 21 heavy (non-hydrogen) atoms. The first-order valence-corrected chi connectivity index (χ1v) is 6.54. The number of nitrogens with one attached hydrogen (secondary N) is 2. The molecule has 118 valence electrons. The maximum atomic E-state index is 11.9. The normalized spacial score (nSPS) is 18.0. The molecule has 1 rings (SSSR count). The maximum absolute atomic E-state index is 11.9. The van der Waals surface area contributed by atoms with Crippen molar-refractivity contribution in [3.63, 3.8) is 0 Å². The lowest BCUT2D eigenvalue weighted by molar-refractivity contribution is -0.143. The molecule has 1 aliphatic rings. The number of piperidine rings is 1. The standard InChI is InChI=1S/C12H19N3O6/c1-13-11(19)8-3-2-4-15(5-8)12(20)14-9(16)6-21-7-10(17)18/h8H,2-7H2,1H3,(H,13,19)(H,17,18)(H,14,16,20). The van der Waals surface area contributed by atoms with Crippen molar-refractivity contribution in [3.8, 4) is 0 Å². The molecule has 1 fully saturated rings. The molecule has 0 aromatic rings. The number of carbonyl (C=O) groups excluding carboxylic acids is 3. The van der Waals surface area contributed by atoms with Gasteiger partial charge in [-0.2, -0.15) is 0 Å². The molecule has 0 radical (unpaired) electrons. The SMILES string of the molecule is CNC(=O)C1CCCN(C(=O)NC(=O)COCC(=O)O)C1. The fraction of sp³-hybridized carbons (Fsp3) is 0.667. The number of imide groups is 1. The summed E-state index contributed by atoms with van der Waals surface area (Å²) in [6.45, 7) is -0.411. The van der Waals surface area contributed by atoms with Gasteiger partial charge in [-0.1, -0.05) is 0 Å². The van der Waals surface area contributed by atoms with Crippen molar-refractivity contribution in [1.82, 2.24) is 15.5 Å². The summed E-state index contributed by atoms with van der Waals surface area (Å²) in [5.41, 5.74) is 0. The number of hydrogen-bond donors (Lipinski definition) is 3. The number of likely N-dealkylation sites (tertiary alicyclic amines) is 1. The van der Waals surface area contributed by atoms with Gasteiger partial charge in [0, 0.05) is 20.1 Å². The van der Waals surface area contributed by atoms with Gasteiger partial charge in [0.1, 0.15) is 13.2 Å². The molecule has 9 nitrogen and oxygen atoms in total. The van der Waals surface area contributed by atoms with Gasteiger partial charge in [0.2, 0.25) is 5.91 Å². The summed E-state index contributed by atoms with van der Waals surface area (Å²) in [5, 5.41) is 13.0. The molecule has 1 aliphatic heterocycles.